The summed E-state index contributed by atoms with van der Waals surface area (Å²) < 4.78 is 12.7. The van der Waals surface area contributed by atoms with Crippen molar-refractivity contribution in [3.8, 4) is 17.6 Å². The average Bonchev–Trinajstić information content (AvgIpc) is 2.87. The topological polar surface area (TPSA) is 71.4 Å². The molecule has 0 heterocycles. The zero-order valence-electron chi connectivity index (χ0n) is 19.8. The number of carbonyl (C=O) groups excluding carboxylic acids is 1. The third-order valence-corrected chi connectivity index (χ3v) is 5.89. The van der Waals surface area contributed by atoms with E-state index in [0.717, 1.165) is 21.2 Å². The molecule has 0 aliphatic carbocycles. The van der Waals surface area contributed by atoms with Gasteiger partial charge in [0.25, 0.3) is 5.91 Å². The second-order valence-corrected chi connectivity index (χ2v) is 8.81. The van der Waals surface area contributed by atoms with Gasteiger partial charge in [-0.05, 0) is 60.4 Å². The number of nitrogens with one attached hydrogen (secondary N) is 1. The molecule has 0 aliphatic heterocycles. The number of hydrogen-bond acceptors (Lipinski definition) is 4. The van der Waals surface area contributed by atoms with Crippen molar-refractivity contribution in [2.24, 2.45) is 0 Å². The summed E-state index contributed by atoms with van der Waals surface area (Å²) in [6.07, 6.45) is 3.86. The SMILES string of the molecule is C=CCc1cc(/C=C(/C#N)C(=O)N[C@@H](C)c2ccccc2)cc(OC)c1OCc1ccc(Br)cc1. The van der Waals surface area contributed by atoms with Crippen molar-refractivity contribution in [1.82, 2.24) is 5.32 Å². The molecule has 0 saturated carbocycles. The van der Waals surface area contributed by atoms with E-state index in [9.17, 15) is 10.1 Å². The quantitative estimate of drug-likeness (QED) is 0.183. The van der Waals surface area contributed by atoms with Gasteiger partial charge >= 0.3 is 0 Å². The van der Waals surface area contributed by atoms with Crippen molar-refractivity contribution in [1.29, 1.82) is 5.26 Å². The Morgan fingerprint density at radius 2 is 1.89 bits per heavy atom. The van der Waals surface area contributed by atoms with Crippen LogP contribution in [0.5, 0.6) is 11.5 Å². The summed E-state index contributed by atoms with van der Waals surface area (Å²) in [6.45, 7) is 6.09. The molecule has 0 bridgehead atoms. The van der Waals surface area contributed by atoms with E-state index < -0.39 is 5.91 Å². The molecule has 3 rings (SSSR count). The van der Waals surface area contributed by atoms with Crippen LogP contribution in [-0.2, 0) is 17.8 Å². The molecule has 1 N–H and O–H groups in total. The molecule has 3 aromatic carbocycles. The number of carbonyl (C=O) groups is 1. The summed E-state index contributed by atoms with van der Waals surface area (Å²) >= 11 is 3.44. The number of nitriles is 1. The Morgan fingerprint density at radius 1 is 1.17 bits per heavy atom. The van der Waals surface area contributed by atoms with Gasteiger partial charge in [-0.3, -0.25) is 4.79 Å². The van der Waals surface area contributed by atoms with E-state index in [1.165, 1.54) is 0 Å². The van der Waals surface area contributed by atoms with Gasteiger partial charge in [0.2, 0.25) is 0 Å². The van der Waals surface area contributed by atoms with E-state index in [2.05, 4.69) is 27.8 Å². The van der Waals surface area contributed by atoms with Crippen LogP contribution in [0.3, 0.4) is 0 Å². The highest BCUT2D eigenvalue weighted by Gasteiger charge is 2.16. The van der Waals surface area contributed by atoms with Crippen LogP contribution in [0.4, 0.5) is 0 Å². The number of methoxy groups -OCH3 is 1. The molecule has 0 fully saturated rings. The fraction of sp³-hybridized carbons (Fsp3) is 0.172. The van der Waals surface area contributed by atoms with Crippen LogP contribution in [-0.4, -0.2) is 13.0 Å². The third kappa shape index (κ3) is 7.08. The number of benzene rings is 3. The Labute approximate surface area is 214 Å². The Kier molecular flexibility index (Phi) is 9.28. The summed E-state index contributed by atoms with van der Waals surface area (Å²) in [5, 5.41) is 12.6. The van der Waals surface area contributed by atoms with Crippen molar-refractivity contribution in [2.45, 2.75) is 26.0 Å². The molecular weight excluding hydrogens is 504 g/mol. The second kappa shape index (κ2) is 12.6. The normalized spacial score (nSPS) is 11.8. The highest BCUT2D eigenvalue weighted by Crippen LogP contribution is 2.35. The minimum atomic E-state index is -0.441. The maximum Gasteiger partial charge on any atom is 0.262 e. The molecule has 6 heteroatoms. The third-order valence-electron chi connectivity index (χ3n) is 5.36. The molecule has 0 saturated heterocycles. The van der Waals surface area contributed by atoms with Crippen LogP contribution in [0.15, 0.2) is 89.4 Å². The Bertz CT molecular complexity index is 1250. The molecular formula is C29H27BrN2O3. The maximum atomic E-state index is 12.8. The molecule has 0 aliphatic rings. The van der Waals surface area contributed by atoms with E-state index in [0.29, 0.717) is 30.1 Å². The van der Waals surface area contributed by atoms with Crippen LogP contribution in [0.1, 0.15) is 35.2 Å². The summed E-state index contributed by atoms with van der Waals surface area (Å²) in [5.74, 6) is 0.680. The highest BCUT2D eigenvalue weighted by molar-refractivity contribution is 9.10. The lowest BCUT2D eigenvalue weighted by Gasteiger charge is -2.16. The molecule has 1 amide bonds. The Balaban J connectivity index is 1.86. The molecule has 178 valence electrons. The summed E-state index contributed by atoms with van der Waals surface area (Å²) in [5.41, 5.74) is 3.48. The number of halogens is 1. The van der Waals surface area contributed by atoms with Gasteiger partial charge in [0.05, 0.1) is 13.2 Å². The number of ether oxygens (including phenoxy) is 2. The van der Waals surface area contributed by atoms with Gasteiger partial charge in [-0.25, -0.2) is 0 Å². The van der Waals surface area contributed by atoms with Crippen molar-refractivity contribution >= 4 is 27.9 Å². The predicted octanol–water partition coefficient (Wildman–Crippen LogP) is 6.55. The van der Waals surface area contributed by atoms with E-state index in [1.54, 1.807) is 25.3 Å². The number of amides is 1. The molecule has 0 aromatic heterocycles. The van der Waals surface area contributed by atoms with Crippen LogP contribution in [0.25, 0.3) is 6.08 Å². The standard InChI is InChI=1S/C29H27BrN2O3/c1-4-8-24-15-22(16-25(18-31)29(33)32-20(2)23-9-6-5-7-10-23)17-27(34-3)28(24)35-19-21-11-13-26(30)14-12-21/h4-7,9-17,20H,1,8,19H2,2-3H3,(H,32,33)/b25-16-/t20-/m0/s1. The fourth-order valence-electron chi connectivity index (χ4n) is 3.54. The molecule has 1 atom stereocenters. The first-order chi connectivity index (χ1) is 16.9. The molecule has 35 heavy (non-hydrogen) atoms. The van der Waals surface area contributed by atoms with Crippen LogP contribution in [0, 0.1) is 11.3 Å². The zero-order valence-corrected chi connectivity index (χ0v) is 21.3. The fourth-order valence-corrected chi connectivity index (χ4v) is 3.80. The van der Waals surface area contributed by atoms with Crippen LogP contribution < -0.4 is 14.8 Å². The van der Waals surface area contributed by atoms with Crippen molar-refractivity contribution in [3.05, 3.63) is 112 Å². The summed E-state index contributed by atoms with van der Waals surface area (Å²) in [6, 6.07) is 22.9. The van der Waals surface area contributed by atoms with E-state index in [-0.39, 0.29) is 11.6 Å². The number of rotatable bonds is 10. The first-order valence-corrected chi connectivity index (χ1v) is 11.9. The molecule has 5 nitrogen and oxygen atoms in total. The molecule has 0 spiro atoms. The minimum Gasteiger partial charge on any atom is -0.493 e. The lowest BCUT2D eigenvalue weighted by atomic mass is 10.0. The van der Waals surface area contributed by atoms with Gasteiger partial charge in [0.1, 0.15) is 18.2 Å². The summed E-state index contributed by atoms with van der Waals surface area (Å²) in [7, 11) is 1.56. The van der Waals surface area contributed by atoms with Crippen LogP contribution >= 0.6 is 15.9 Å². The molecule has 0 unspecified atom stereocenters. The van der Waals surface area contributed by atoms with Gasteiger partial charge in [-0.1, -0.05) is 64.5 Å². The van der Waals surface area contributed by atoms with Gasteiger partial charge in [-0.2, -0.15) is 5.26 Å². The maximum absolute atomic E-state index is 12.8. The Hall–Kier alpha value is -3.82. The Morgan fingerprint density at radius 3 is 2.51 bits per heavy atom. The van der Waals surface area contributed by atoms with Crippen molar-refractivity contribution in [2.75, 3.05) is 7.11 Å². The molecule has 0 radical (unpaired) electrons. The second-order valence-electron chi connectivity index (χ2n) is 7.90. The smallest absolute Gasteiger partial charge is 0.262 e. The van der Waals surface area contributed by atoms with Gasteiger partial charge in [0, 0.05) is 10.0 Å². The lowest BCUT2D eigenvalue weighted by molar-refractivity contribution is -0.117. The number of allylic oxidation sites excluding steroid dienone is 1. The van der Waals surface area contributed by atoms with E-state index in [4.69, 9.17) is 9.47 Å². The largest absolute Gasteiger partial charge is 0.493 e. The number of nitrogens with zero attached hydrogens (tertiary/aromatic N) is 1. The van der Waals surface area contributed by atoms with E-state index >= 15 is 0 Å². The monoisotopic (exact) mass is 530 g/mol. The van der Waals surface area contributed by atoms with Crippen molar-refractivity contribution in [3.63, 3.8) is 0 Å². The van der Waals surface area contributed by atoms with Gasteiger partial charge < -0.3 is 14.8 Å². The first kappa shape index (κ1) is 25.8. The first-order valence-electron chi connectivity index (χ1n) is 11.1. The summed E-state index contributed by atoms with van der Waals surface area (Å²) in [4.78, 5) is 12.8. The van der Waals surface area contributed by atoms with Crippen LogP contribution in [0.2, 0.25) is 0 Å². The lowest BCUT2D eigenvalue weighted by Crippen LogP contribution is -2.27. The minimum absolute atomic E-state index is 0.00270. The van der Waals surface area contributed by atoms with Gasteiger partial charge in [-0.15, -0.1) is 6.58 Å². The zero-order chi connectivity index (χ0) is 25.2. The van der Waals surface area contributed by atoms with Gasteiger partial charge in [0.15, 0.2) is 11.5 Å². The van der Waals surface area contributed by atoms with Crippen molar-refractivity contribution < 1.29 is 14.3 Å². The molecule has 3 aromatic rings. The van der Waals surface area contributed by atoms with E-state index in [1.807, 2.05) is 73.7 Å². The number of hydrogen-bond donors (Lipinski definition) is 1. The highest BCUT2D eigenvalue weighted by atomic mass is 79.9. The predicted molar refractivity (Wildman–Crippen MR) is 142 cm³/mol. The average molecular weight is 531 g/mol.